The molecule has 4 unspecified atom stereocenters. The molecule has 8 rings (SSSR count). The second-order valence-corrected chi connectivity index (χ2v) is 22.7. The van der Waals surface area contributed by atoms with Crippen molar-refractivity contribution in [3.05, 3.63) is 0 Å². The van der Waals surface area contributed by atoms with Crippen molar-refractivity contribution in [1.29, 1.82) is 0 Å². The highest BCUT2D eigenvalue weighted by molar-refractivity contribution is 4.99. The number of nitrogens with two attached hydrogens (primary N) is 7. The lowest BCUT2D eigenvalue weighted by molar-refractivity contribution is -0.335. The lowest BCUT2D eigenvalue weighted by Gasteiger charge is -2.46. The van der Waals surface area contributed by atoms with Crippen molar-refractivity contribution in [3.8, 4) is 0 Å². The highest BCUT2D eigenvalue weighted by Crippen LogP contribution is 2.32. The lowest BCUT2D eigenvalue weighted by atomic mass is 9.93. The largest absolute Gasteiger partial charge is 0.394 e. The molecule has 8 aliphatic heterocycles. The topological polar surface area (TPSA) is 698 Å². The minimum atomic E-state index is -1.57. The van der Waals surface area contributed by atoms with Crippen LogP contribution in [0.2, 0.25) is 0 Å². The van der Waals surface area contributed by atoms with Crippen LogP contribution >= 0.6 is 0 Å². The van der Waals surface area contributed by atoms with Gasteiger partial charge in [0.2, 0.25) is 0 Å². The van der Waals surface area contributed by atoms with E-state index in [2.05, 4.69) is 0 Å². The van der Waals surface area contributed by atoms with Crippen molar-refractivity contribution >= 4 is 0 Å². The summed E-state index contributed by atoms with van der Waals surface area (Å²) >= 11 is 0. The lowest BCUT2D eigenvalue weighted by Crippen LogP contribution is -2.66. The van der Waals surface area contributed by atoms with E-state index in [0.29, 0.717) is 0 Å². The van der Waals surface area contributed by atoms with Gasteiger partial charge in [0.1, 0.15) is 153 Å². The maximum atomic E-state index is 10.2. The van der Waals surface area contributed by atoms with Gasteiger partial charge in [0.05, 0.1) is 81.6 Å². The second kappa shape index (κ2) is 34.7. The van der Waals surface area contributed by atoms with Gasteiger partial charge >= 0.3 is 0 Å². The van der Waals surface area contributed by atoms with Gasteiger partial charge in [-0.2, -0.15) is 0 Å². The van der Waals surface area contributed by atoms with Crippen molar-refractivity contribution in [3.63, 3.8) is 0 Å². The van der Waals surface area contributed by atoms with Crippen LogP contribution in [0.4, 0.5) is 0 Å². The Morgan fingerprint density at radius 3 is 1.02 bits per heavy atom. The first-order chi connectivity index (χ1) is 41.3. The molecule has 0 aromatic carbocycles. The van der Waals surface area contributed by atoms with Crippen molar-refractivity contribution in [2.75, 3.05) is 52.7 Å². The molecule has 88 heavy (non-hydrogen) atoms. The Bertz CT molecular complexity index is 1870. The van der Waals surface area contributed by atoms with Crippen LogP contribution in [0.1, 0.15) is 20.8 Å². The molecule has 38 atom stereocenters. The first-order valence-electron chi connectivity index (χ1n) is 28.7. The Labute approximate surface area is 504 Å². The molecule has 0 aromatic rings. The predicted molar refractivity (Wildman–Crippen MR) is 287 cm³/mol. The minimum absolute atomic E-state index is 0.0128. The van der Waals surface area contributed by atoms with Gasteiger partial charge in [-0.25, -0.2) is 0 Å². The summed E-state index contributed by atoms with van der Waals surface area (Å²) in [6.07, 6.45) is -38.3. The van der Waals surface area contributed by atoms with Crippen LogP contribution in [-0.4, -0.2) is 387 Å². The van der Waals surface area contributed by atoms with Gasteiger partial charge in [0.15, 0.2) is 31.5 Å². The monoisotopic (exact) mass is 1300 g/mol. The molecular weight excluding hydrogens is 1200 g/mol. The molecule has 0 bridgehead atoms. The Kier molecular flexibility index (Phi) is 30.4. The van der Waals surface area contributed by atoms with Crippen LogP contribution in [0, 0.1) is 0 Å². The summed E-state index contributed by atoms with van der Waals surface area (Å²) < 4.78 is 64.0. The summed E-state index contributed by atoms with van der Waals surface area (Å²) in [4.78, 5) is 0. The summed E-state index contributed by atoms with van der Waals surface area (Å²) in [5, 5.41) is 194. The third-order valence-electron chi connectivity index (χ3n) is 16.5. The molecule has 520 valence electrons. The second-order valence-electron chi connectivity index (χ2n) is 22.7. The molecule has 8 fully saturated rings. The third kappa shape index (κ3) is 18.1. The summed E-state index contributed by atoms with van der Waals surface area (Å²) in [7, 11) is 0. The Morgan fingerprint density at radius 2 is 0.625 bits per heavy atom. The molecule has 8 saturated heterocycles. The third-order valence-corrected chi connectivity index (χ3v) is 16.5. The van der Waals surface area contributed by atoms with Crippen molar-refractivity contribution in [1.82, 2.24) is 0 Å². The fourth-order valence-corrected chi connectivity index (χ4v) is 10.6. The van der Waals surface area contributed by atoms with Crippen LogP contribution in [-0.2, 0) is 56.8 Å². The average Bonchev–Trinajstić information content (AvgIpc) is 1.85. The zero-order valence-corrected chi connectivity index (χ0v) is 48.5. The normalized spacial score (nSPS) is 51.5. The summed E-state index contributed by atoms with van der Waals surface area (Å²) in [6.45, 7) is 3.00. The van der Waals surface area contributed by atoms with Crippen LogP contribution in [0.25, 0.3) is 0 Å². The van der Waals surface area contributed by atoms with E-state index in [1.165, 1.54) is 0 Å². The highest BCUT2D eigenvalue weighted by Gasteiger charge is 2.53. The molecule has 8 aliphatic rings. The number of rotatable bonds is 16. The van der Waals surface area contributed by atoms with E-state index in [1.807, 2.05) is 0 Å². The zero-order valence-electron chi connectivity index (χ0n) is 48.5. The molecule has 0 aromatic heterocycles. The van der Waals surface area contributed by atoms with E-state index in [0.717, 1.165) is 0 Å². The number of aliphatic hydroxyl groups is 20. The maximum Gasteiger partial charge on any atom is 0.187 e. The van der Waals surface area contributed by atoms with Crippen molar-refractivity contribution in [2.45, 2.75) is 253 Å². The first kappa shape index (κ1) is 77.1. The first-order valence-corrected chi connectivity index (χ1v) is 28.7. The zero-order chi connectivity index (χ0) is 66.1. The van der Waals surface area contributed by atoms with Crippen molar-refractivity contribution < 1.29 is 159 Å². The van der Waals surface area contributed by atoms with E-state index in [4.69, 9.17) is 107 Å². The molecule has 0 saturated carbocycles. The molecule has 0 amide bonds. The number of hydrogen-bond acceptors (Lipinski definition) is 39. The van der Waals surface area contributed by atoms with E-state index >= 15 is 0 Å². The fraction of sp³-hybridized carbons (Fsp3) is 1.00. The molecule has 0 aliphatic carbocycles. The van der Waals surface area contributed by atoms with Crippen LogP contribution < -0.4 is 40.1 Å². The van der Waals surface area contributed by atoms with Gasteiger partial charge in [-0.15, -0.1) is 0 Å². The smallest absolute Gasteiger partial charge is 0.187 e. The van der Waals surface area contributed by atoms with Gasteiger partial charge < -0.3 is 199 Å². The van der Waals surface area contributed by atoms with E-state index in [9.17, 15) is 91.9 Å². The Hall–Kier alpha value is -1.56. The van der Waals surface area contributed by atoms with Gasteiger partial charge in [-0.1, -0.05) is 0 Å². The maximum absolute atomic E-state index is 10.2. The van der Waals surface area contributed by atoms with Gasteiger partial charge in [0.25, 0.3) is 0 Å². The highest BCUT2D eigenvalue weighted by atomic mass is 16.7. The number of ether oxygens (including phenoxy) is 12. The fourth-order valence-electron chi connectivity index (χ4n) is 10.6. The molecule has 0 radical (unpaired) electrons. The van der Waals surface area contributed by atoms with E-state index in [1.54, 1.807) is 20.8 Å². The summed E-state index contributed by atoms with van der Waals surface area (Å²) in [6, 6.07) is -3.63. The SMILES string of the molecule is C[C@H]1O[C@H](CN)[C@@H](O)[C@H](OC2O[C@H](CN)[C@@H](O)[C@H](O)[C@H]2O)[C@H]1O.C[C@H]1O[C@H](CO)[C@@H](O)[C@H](OC2O[C@H](CN)[C@@H](O)[C@H](O)[C@H]2O)[C@H]1N.C[C@H]1O[C@H](COC2O[C@H](CO)[C@@H](O)[C@H](O)[C@H]2N)[C@@H](O)[C@H]1O.N[C@@H]1[C@@H](O)[C@@H](O)O[C@@H]1COC1O[C@H](CO)[C@@H](O)[C@H](O)[C@H]1N. The molecule has 39 heteroatoms. The quantitative estimate of drug-likeness (QED) is 0.0682. The van der Waals surface area contributed by atoms with E-state index in [-0.39, 0.29) is 32.8 Å². The molecule has 39 nitrogen and oxygen atoms in total. The van der Waals surface area contributed by atoms with Gasteiger partial charge in [0, 0.05) is 19.6 Å². The molecular formula is C49H97N7O32. The number of aliphatic hydroxyl groups excluding tert-OH is 20. The van der Waals surface area contributed by atoms with Crippen LogP contribution in [0.3, 0.4) is 0 Å². The predicted octanol–water partition coefficient (Wildman–Crippen LogP) is -17.3. The molecule has 0 spiro atoms. The van der Waals surface area contributed by atoms with E-state index < -0.39 is 252 Å². The average molecular weight is 1300 g/mol. The van der Waals surface area contributed by atoms with Gasteiger partial charge in [-0.3, -0.25) is 0 Å². The summed E-state index contributed by atoms with van der Waals surface area (Å²) in [5.74, 6) is 0. The Morgan fingerprint density at radius 1 is 0.284 bits per heavy atom. The molecule has 8 heterocycles. The van der Waals surface area contributed by atoms with Gasteiger partial charge in [-0.05, 0) is 20.8 Å². The Balaban J connectivity index is 0.000000214. The standard InChI is InChI=1S/2C13H26N2O8.C12H23NO8.C11H22N2O8/c1-4-7(15)12(9(18)6(3-16)21-4)23-13-11(20)10(19)8(17)5(2-14)22-13;1-4-7(16)12(9(18)6(3-15)21-4)23-13-11(20)10(19)8(17)5(2-14)22-13;1-4-8(15)10(17)6(20-4)3-19-12-7(13)11(18)9(16)5(2-14)21-12;12-5-4(20-10(18)9(5)17)2-19-11-6(13)8(16)7(15)3(1-14)21-11/h2*4-13,16-20H,2-3,14-15H2,1H3;4-12,14-18H,2-3,13H2,1H3;3-11,14-18H,1-2,12-13H2/t2*4-,5-,6-,7+,8-,9-,10+,11-,12-,13?;4-,5-,6-,7-,8+,9-,10-,11-,12?;3-,4-,5+,6-,7-,8-,9-,10+,11?/m1111/s1. The molecule has 34 N–H and O–H groups in total. The number of hydrogen-bond donors (Lipinski definition) is 27. The minimum Gasteiger partial charge on any atom is -0.394 e. The van der Waals surface area contributed by atoms with Crippen molar-refractivity contribution in [2.24, 2.45) is 40.1 Å². The van der Waals surface area contributed by atoms with Crippen LogP contribution in [0.15, 0.2) is 0 Å². The summed E-state index contributed by atoms with van der Waals surface area (Å²) in [5.41, 5.74) is 39.4. The van der Waals surface area contributed by atoms with Crippen LogP contribution in [0.5, 0.6) is 0 Å².